The molecular weight excluding hydrogens is 533 g/mol. The van der Waals surface area contributed by atoms with Gasteiger partial charge in [0.05, 0.1) is 29.5 Å². The lowest BCUT2D eigenvalue weighted by molar-refractivity contribution is -0.144. The maximum Gasteiger partial charge on any atom is 0.331 e. The van der Waals surface area contributed by atoms with E-state index in [4.69, 9.17) is 20.9 Å². The van der Waals surface area contributed by atoms with Gasteiger partial charge >= 0.3 is 5.97 Å². The topological polar surface area (TPSA) is 90.0 Å². The number of fused-ring (bicyclic) bond motifs is 1. The first-order valence-electron chi connectivity index (χ1n) is 11.9. The van der Waals surface area contributed by atoms with Gasteiger partial charge in [0.2, 0.25) is 7.37 Å². The van der Waals surface area contributed by atoms with Crippen LogP contribution >= 0.6 is 19.0 Å². The normalized spacial score (nSPS) is 18.8. The molecule has 0 bridgehead atoms. The van der Waals surface area contributed by atoms with Crippen molar-refractivity contribution in [3.8, 4) is 0 Å². The van der Waals surface area contributed by atoms with Gasteiger partial charge in [0, 0.05) is 10.3 Å². The number of nitrogens with zero attached hydrogens (tertiary/aromatic N) is 1. The van der Waals surface area contributed by atoms with Crippen LogP contribution in [0.5, 0.6) is 0 Å². The first kappa shape index (κ1) is 27.4. The minimum Gasteiger partial charge on any atom is -0.464 e. The van der Waals surface area contributed by atoms with Gasteiger partial charge in [0.15, 0.2) is 6.04 Å². The predicted octanol–water partition coefficient (Wildman–Crippen LogP) is 5.78. The van der Waals surface area contributed by atoms with Crippen molar-refractivity contribution in [1.82, 2.24) is 0 Å². The summed E-state index contributed by atoms with van der Waals surface area (Å²) in [4.78, 5) is 13.6. The van der Waals surface area contributed by atoms with E-state index in [9.17, 15) is 13.2 Å². The monoisotopic (exact) mass is 561 g/mol. The lowest BCUT2D eigenvalue weighted by Gasteiger charge is -2.32. The number of carbonyl (C=O) groups excluding carboxylic acids is 1. The van der Waals surface area contributed by atoms with Crippen LogP contribution in [0.1, 0.15) is 36.2 Å². The lowest BCUT2D eigenvalue weighted by atomic mass is 10.1. The molecule has 7 nitrogen and oxygen atoms in total. The molecule has 1 aliphatic heterocycles. The smallest absolute Gasteiger partial charge is 0.331 e. The van der Waals surface area contributed by atoms with Crippen LogP contribution in [0.15, 0.2) is 71.6 Å². The molecule has 0 radical (unpaired) electrons. The zero-order valence-electron chi connectivity index (χ0n) is 21.0. The van der Waals surface area contributed by atoms with Crippen molar-refractivity contribution in [2.45, 2.75) is 44.3 Å². The molecule has 3 aromatic rings. The summed E-state index contributed by atoms with van der Waals surface area (Å²) in [5, 5.41) is 0.713. The van der Waals surface area contributed by atoms with Crippen LogP contribution in [-0.4, -0.2) is 33.6 Å². The fourth-order valence-corrected chi connectivity index (χ4v) is 9.77. The number of esters is 1. The highest BCUT2D eigenvalue weighted by atomic mass is 35.5. The van der Waals surface area contributed by atoms with Crippen LogP contribution in [0, 0.1) is 13.8 Å². The summed E-state index contributed by atoms with van der Waals surface area (Å²) in [5.41, 5.74) is 1.10. The largest absolute Gasteiger partial charge is 0.464 e. The molecule has 0 spiro atoms. The average Bonchev–Trinajstić information content (AvgIpc) is 3.20. The molecule has 1 aliphatic rings. The zero-order chi connectivity index (χ0) is 27.0. The SMILES string of the molecule is CCOC(=O)C1C(P(=O)(OCC)c2cc(C)cc(C)c2)c2cc(Cl)ccc2N1S(=O)(=O)c1ccccc1. The minimum absolute atomic E-state index is 0.0107. The summed E-state index contributed by atoms with van der Waals surface area (Å²) in [6, 6.07) is 16.4. The van der Waals surface area contributed by atoms with Crippen molar-refractivity contribution < 1.29 is 27.0 Å². The second-order valence-corrected chi connectivity index (χ2v) is 13.6. The number of halogens is 1. The molecule has 1 heterocycles. The number of anilines is 1. The molecule has 0 fully saturated rings. The van der Waals surface area contributed by atoms with Crippen LogP contribution in [0.3, 0.4) is 0 Å². The number of sulfonamides is 1. The summed E-state index contributed by atoms with van der Waals surface area (Å²) >= 11 is 6.37. The van der Waals surface area contributed by atoms with E-state index in [0.29, 0.717) is 15.9 Å². The molecule has 196 valence electrons. The summed E-state index contributed by atoms with van der Waals surface area (Å²) in [7, 11) is -8.19. The molecule has 0 aliphatic carbocycles. The third kappa shape index (κ3) is 4.96. The van der Waals surface area contributed by atoms with E-state index in [2.05, 4.69) is 0 Å². The van der Waals surface area contributed by atoms with Gasteiger partial charge in [0.25, 0.3) is 10.0 Å². The number of benzene rings is 3. The Kier molecular flexibility index (Phi) is 7.86. The van der Waals surface area contributed by atoms with Gasteiger partial charge in [-0.1, -0.05) is 47.0 Å². The Labute approximate surface area is 222 Å². The maximum absolute atomic E-state index is 15.0. The molecule has 4 rings (SSSR count). The van der Waals surface area contributed by atoms with E-state index in [0.717, 1.165) is 15.4 Å². The van der Waals surface area contributed by atoms with Crippen molar-refractivity contribution in [2.24, 2.45) is 0 Å². The van der Waals surface area contributed by atoms with Gasteiger partial charge in [0.1, 0.15) is 0 Å². The fraction of sp³-hybridized carbons (Fsp3) is 0.296. The van der Waals surface area contributed by atoms with Crippen LogP contribution in [0.25, 0.3) is 0 Å². The summed E-state index contributed by atoms with van der Waals surface area (Å²) in [5.74, 6) is -0.816. The van der Waals surface area contributed by atoms with Crippen LogP contribution < -0.4 is 9.61 Å². The number of ether oxygens (including phenoxy) is 1. The molecule has 0 saturated carbocycles. The van der Waals surface area contributed by atoms with E-state index >= 15 is 4.57 Å². The average molecular weight is 562 g/mol. The predicted molar refractivity (Wildman–Crippen MR) is 146 cm³/mol. The molecule has 0 aromatic heterocycles. The van der Waals surface area contributed by atoms with Crippen molar-refractivity contribution in [3.63, 3.8) is 0 Å². The van der Waals surface area contributed by atoms with E-state index in [1.807, 2.05) is 19.9 Å². The Bertz CT molecular complexity index is 1460. The molecule has 3 aromatic carbocycles. The molecule has 37 heavy (non-hydrogen) atoms. The number of hydrogen-bond acceptors (Lipinski definition) is 6. The van der Waals surface area contributed by atoms with Gasteiger partial charge in [-0.05, 0) is 75.7 Å². The van der Waals surface area contributed by atoms with Crippen molar-refractivity contribution in [1.29, 1.82) is 0 Å². The third-order valence-corrected chi connectivity index (χ3v) is 11.1. The summed E-state index contributed by atoms with van der Waals surface area (Å²) < 4.78 is 55.5. The van der Waals surface area contributed by atoms with Crippen molar-refractivity contribution in [3.05, 3.63) is 88.4 Å². The van der Waals surface area contributed by atoms with Gasteiger partial charge in [-0.3, -0.25) is 8.87 Å². The fourth-order valence-electron chi connectivity index (χ4n) is 4.86. The second-order valence-electron chi connectivity index (χ2n) is 8.82. The molecule has 3 unspecified atom stereocenters. The van der Waals surface area contributed by atoms with Gasteiger partial charge in [-0.2, -0.15) is 0 Å². The first-order valence-corrected chi connectivity index (χ1v) is 15.4. The third-order valence-electron chi connectivity index (χ3n) is 6.18. The quantitative estimate of drug-likeness (QED) is 0.256. The van der Waals surface area contributed by atoms with E-state index in [1.165, 1.54) is 18.2 Å². The first-order chi connectivity index (χ1) is 17.5. The number of rotatable bonds is 8. The van der Waals surface area contributed by atoms with Crippen LogP contribution in [0.2, 0.25) is 5.02 Å². The Morgan fingerprint density at radius 3 is 2.22 bits per heavy atom. The Balaban J connectivity index is 2.05. The molecule has 10 heteroatoms. The van der Waals surface area contributed by atoms with Gasteiger partial charge in [-0.15, -0.1) is 0 Å². The maximum atomic E-state index is 15.0. The van der Waals surface area contributed by atoms with Crippen LogP contribution in [-0.2, 0) is 28.6 Å². The highest BCUT2D eigenvalue weighted by molar-refractivity contribution is 7.93. The lowest BCUT2D eigenvalue weighted by Crippen LogP contribution is -2.46. The highest BCUT2D eigenvalue weighted by Gasteiger charge is 2.57. The number of hydrogen-bond donors (Lipinski definition) is 0. The zero-order valence-corrected chi connectivity index (χ0v) is 23.5. The Hall–Kier alpha value is -2.64. The van der Waals surface area contributed by atoms with E-state index in [1.54, 1.807) is 56.3 Å². The standard InChI is InChI=1S/C27H29ClNO6PS/c1-5-34-27(30)25-26(36(31,35-6-2)21-15-18(3)14-19(4)16-21)23-17-20(28)12-13-24(23)29(25)37(32,33)22-10-8-7-9-11-22/h7-17,25-26H,5-6H2,1-4H3. The number of carbonyl (C=O) groups is 1. The molecule has 3 atom stereocenters. The van der Waals surface area contributed by atoms with Gasteiger partial charge in [-0.25, -0.2) is 13.2 Å². The van der Waals surface area contributed by atoms with E-state index in [-0.39, 0.29) is 23.8 Å². The molecule has 0 saturated heterocycles. The van der Waals surface area contributed by atoms with Crippen molar-refractivity contribution >= 4 is 46.0 Å². The van der Waals surface area contributed by atoms with Crippen molar-refractivity contribution in [2.75, 3.05) is 17.5 Å². The summed E-state index contributed by atoms with van der Waals surface area (Å²) in [6.07, 6.45) is 0. The van der Waals surface area contributed by atoms with Gasteiger partial charge < -0.3 is 9.26 Å². The molecule has 0 amide bonds. The summed E-state index contributed by atoms with van der Waals surface area (Å²) in [6.45, 7) is 7.19. The highest BCUT2D eigenvalue weighted by Crippen LogP contribution is 2.66. The van der Waals surface area contributed by atoms with Crippen LogP contribution in [0.4, 0.5) is 5.69 Å². The Morgan fingerprint density at radius 2 is 1.62 bits per heavy atom. The molecular formula is C27H29ClNO6PS. The molecule has 0 N–H and O–H groups in total. The Morgan fingerprint density at radius 1 is 0.973 bits per heavy atom. The second kappa shape index (κ2) is 10.6. The minimum atomic E-state index is -4.27. The number of aryl methyl sites for hydroxylation is 2. The van der Waals surface area contributed by atoms with E-state index < -0.39 is 35.1 Å².